The second-order valence-corrected chi connectivity index (χ2v) is 5.22. The molecule has 0 radical (unpaired) electrons. The van der Waals surface area contributed by atoms with Gasteiger partial charge in [-0.05, 0) is 35.9 Å². The molecule has 0 saturated carbocycles. The number of anilines is 1. The zero-order valence-corrected chi connectivity index (χ0v) is 12.4. The van der Waals surface area contributed by atoms with Gasteiger partial charge in [0, 0.05) is 10.0 Å². The molecule has 0 aromatic heterocycles. The average Bonchev–Trinajstić information content (AvgIpc) is 2.47. The van der Waals surface area contributed by atoms with E-state index in [4.69, 9.17) is 10.2 Å². The lowest BCUT2D eigenvalue weighted by Crippen LogP contribution is -2.14. The Labute approximate surface area is 129 Å². The van der Waals surface area contributed by atoms with Crippen LogP contribution in [0.3, 0.4) is 0 Å². The van der Waals surface area contributed by atoms with E-state index in [1.54, 1.807) is 30.3 Å². The number of aliphatic hydroxyl groups excluding tert-OH is 1. The number of aliphatic hydroxyl groups is 1. The van der Waals surface area contributed by atoms with E-state index in [1.807, 2.05) is 0 Å². The molecule has 0 aliphatic carbocycles. The van der Waals surface area contributed by atoms with E-state index in [2.05, 4.69) is 21.2 Å². The first kappa shape index (κ1) is 15.2. The molecule has 0 heterocycles. The molecule has 21 heavy (non-hydrogen) atoms. The van der Waals surface area contributed by atoms with Crippen LogP contribution < -0.4 is 5.32 Å². The lowest BCUT2D eigenvalue weighted by atomic mass is 10.1. The first-order valence-electron chi connectivity index (χ1n) is 6.05. The van der Waals surface area contributed by atoms with E-state index in [-0.39, 0.29) is 17.9 Å². The Morgan fingerprint density at radius 3 is 2.33 bits per heavy atom. The van der Waals surface area contributed by atoms with Crippen LogP contribution in [0.5, 0.6) is 0 Å². The van der Waals surface area contributed by atoms with Gasteiger partial charge in [-0.3, -0.25) is 4.79 Å². The number of rotatable bonds is 4. The number of carbonyl (C=O) groups excluding carboxylic acids is 1. The second kappa shape index (κ2) is 6.51. The van der Waals surface area contributed by atoms with Crippen molar-refractivity contribution in [3.8, 4) is 0 Å². The quantitative estimate of drug-likeness (QED) is 0.791. The number of carboxylic acids is 1. The third-order valence-corrected chi connectivity index (χ3v) is 3.35. The number of hydrogen-bond acceptors (Lipinski definition) is 3. The third kappa shape index (κ3) is 3.68. The number of hydrogen-bond donors (Lipinski definition) is 3. The van der Waals surface area contributed by atoms with Crippen LogP contribution >= 0.6 is 15.9 Å². The molecule has 0 aliphatic heterocycles. The van der Waals surface area contributed by atoms with Gasteiger partial charge in [-0.15, -0.1) is 0 Å². The zero-order chi connectivity index (χ0) is 15.4. The van der Waals surface area contributed by atoms with E-state index < -0.39 is 11.9 Å². The van der Waals surface area contributed by atoms with Gasteiger partial charge in [-0.25, -0.2) is 4.79 Å². The van der Waals surface area contributed by atoms with Crippen LogP contribution in [0.2, 0.25) is 0 Å². The smallest absolute Gasteiger partial charge is 0.337 e. The Morgan fingerprint density at radius 1 is 1.10 bits per heavy atom. The number of aromatic carboxylic acids is 1. The van der Waals surface area contributed by atoms with Gasteiger partial charge in [0.15, 0.2) is 0 Å². The van der Waals surface area contributed by atoms with Crippen molar-refractivity contribution in [1.82, 2.24) is 0 Å². The van der Waals surface area contributed by atoms with Gasteiger partial charge in [0.2, 0.25) is 0 Å². The molecule has 0 aliphatic rings. The summed E-state index contributed by atoms with van der Waals surface area (Å²) >= 11 is 3.24. The van der Waals surface area contributed by atoms with Gasteiger partial charge in [-0.2, -0.15) is 0 Å². The van der Waals surface area contributed by atoms with Crippen molar-refractivity contribution < 1.29 is 19.8 Å². The van der Waals surface area contributed by atoms with Gasteiger partial charge < -0.3 is 15.5 Å². The Bertz CT molecular complexity index is 683. The van der Waals surface area contributed by atoms with Gasteiger partial charge in [-0.1, -0.05) is 28.1 Å². The first-order valence-corrected chi connectivity index (χ1v) is 6.84. The fourth-order valence-corrected chi connectivity index (χ4v) is 2.12. The van der Waals surface area contributed by atoms with Crippen LogP contribution in [-0.4, -0.2) is 22.1 Å². The summed E-state index contributed by atoms with van der Waals surface area (Å²) in [5, 5.41) is 20.6. The molecule has 6 heteroatoms. The molecule has 0 unspecified atom stereocenters. The molecular formula is C15H12BrNO4. The maximum absolute atomic E-state index is 12.1. The molecule has 0 bridgehead atoms. The summed E-state index contributed by atoms with van der Waals surface area (Å²) in [7, 11) is 0. The van der Waals surface area contributed by atoms with Crippen molar-refractivity contribution in [1.29, 1.82) is 0 Å². The highest BCUT2D eigenvalue weighted by molar-refractivity contribution is 9.10. The minimum Gasteiger partial charge on any atom is -0.478 e. The van der Waals surface area contributed by atoms with Crippen LogP contribution in [0.15, 0.2) is 46.9 Å². The lowest BCUT2D eigenvalue weighted by Gasteiger charge is -2.09. The fourth-order valence-electron chi connectivity index (χ4n) is 1.76. The van der Waals surface area contributed by atoms with Gasteiger partial charge in [0.25, 0.3) is 5.91 Å². The predicted octanol–water partition coefficient (Wildman–Crippen LogP) is 2.89. The molecule has 0 saturated heterocycles. The average molecular weight is 350 g/mol. The van der Waals surface area contributed by atoms with E-state index in [0.29, 0.717) is 15.6 Å². The van der Waals surface area contributed by atoms with Crippen LogP contribution in [0.1, 0.15) is 26.3 Å². The van der Waals surface area contributed by atoms with Crippen LogP contribution in [-0.2, 0) is 6.61 Å². The van der Waals surface area contributed by atoms with Crippen LogP contribution in [0.25, 0.3) is 0 Å². The highest BCUT2D eigenvalue weighted by atomic mass is 79.9. The number of carboxylic acid groups (broad SMARTS) is 1. The molecular weight excluding hydrogens is 338 g/mol. The van der Waals surface area contributed by atoms with E-state index >= 15 is 0 Å². The Kier molecular flexibility index (Phi) is 4.72. The largest absolute Gasteiger partial charge is 0.478 e. The van der Waals surface area contributed by atoms with Crippen molar-refractivity contribution >= 4 is 33.5 Å². The van der Waals surface area contributed by atoms with E-state index in [0.717, 1.165) is 0 Å². The summed E-state index contributed by atoms with van der Waals surface area (Å²) in [6.45, 7) is -0.101. The topological polar surface area (TPSA) is 86.6 Å². The van der Waals surface area contributed by atoms with Crippen molar-refractivity contribution in [3.63, 3.8) is 0 Å². The fraction of sp³-hybridized carbons (Fsp3) is 0.0667. The maximum Gasteiger partial charge on any atom is 0.337 e. The van der Waals surface area contributed by atoms with E-state index in [1.165, 1.54) is 12.1 Å². The molecule has 2 rings (SSSR count). The van der Waals surface area contributed by atoms with Crippen LogP contribution in [0.4, 0.5) is 5.69 Å². The highest BCUT2D eigenvalue weighted by Crippen LogP contribution is 2.22. The molecule has 0 atom stereocenters. The molecule has 108 valence electrons. The van der Waals surface area contributed by atoms with Crippen molar-refractivity contribution in [3.05, 3.63) is 63.6 Å². The minimum atomic E-state index is -1.12. The molecule has 0 fully saturated rings. The minimum absolute atomic E-state index is 0.0125. The molecule has 5 nitrogen and oxygen atoms in total. The number of halogens is 1. The molecule has 0 spiro atoms. The van der Waals surface area contributed by atoms with Crippen LogP contribution in [0, 0.1) is 0 Å². The molecule has 1 amide bonds. The van der Waals surface area contributed by atoms with Gasteiger partial charge in [0.1, 0.15) is 0 Å². The van der Waals surface area contributed by atoms with Crippen molar-refractivity contribution in [2.45, 2.75) is 6.61 Å². The number of benzene rings is 2. The summed E-state index contributed by atoms with van der Waals surface area (Å²) in [4.78, 5) is 23.3. The van der Waals surface area contributed by atoms with Gasteiger partial charge >= 0.3 is 5.97 Å². The SMILES string of the molecule is O=C(Nc1cc(Br)ccc1C(=O)O)c1ccc(CO)cc1. The lowest BCUT2D eigenvalue weighted by molar-refractivity contribution is 0.0698. The zero-order valence-electron chi connectivity index (χ0n) is 10.8. The summed E-state index contributed by atoms with van der Waals surface area (Å²) < 4.78 is 0.665. The Balaban J connectivity index is 2.26. The summed E-state index contributed by atoms with van der Waals surface area (Å²) in [5.41, 5.74) is 1.30. The normalized spacial score (nSPS) is 10.2. The van der Waals surface area contributed by atoms with Crippen molar-refractivity contribution in [2.75, 3.05) is 5.32 Å². The number of amides is 1. The van der Waals surface area contributed by atoms with Gasteiger partial charge in [0.05, 0.1) is 17.9 Å². The van der Waals surface area contributed by atoms with Crippen molar-refractivity contribution in [2.24, 2.45) is 0 Å². The molecule has 2 aromatic carbocycles. The number of carbonyl (C=O) groups is 2. The Hall–Kier alpha value is -2.18. The third-order valence-electron chi connectivity index (χ3n) is 2.86. The number of nitrogens with one attached hydrogen (secondary N) is 1. The summed E-state index contributed by atoms with van der Waals surface area (Å²) in [5.74, 6) is -1.53. The second-order valence-electron chi connectivity index (χ2n) is 4.30. The first-order chi connectivity index (χ1) is 10.0. The van der Waals surface area contributed by atoms with E-state index in [9.17, 15) is 9.59 Å². The maximum atomic E-state index is 12.1. The standard InChI is InChI=1S/C15H12BrNO4/c16-11-5-6-12(15(20)21)13(7-11)17-14(19)10-3-1-9(8-18)2-4-10/h1-7,18H,8H2,(H,17,19)(H,20,21). The summed E-state index contributed by atoms with van der Waals surface area (Å²) in [6.07, 6.45) is 0. The summed E-state index contributed by atoms with van der Waals surface area (Å²) in [6, 6.07) is 10.9. The Morgan fingerprint density at radius 2 is 1.76 bits per heavy atom. The molecule has 2 aromatic rings. The highest BCUT2D eigenvalue weighted by Gasteiger charge is 2.14. The molecule has 3 N–H and O–H groups in total. The monoisotopic (exact) mass is 349 g/mol. The predicted molar refractivity (Wildman–Crippen MR) is 81.4 cm³/mol.